The van der Waals surface area contributed by atoms with Crippen LogP contribution < -0.4 is 5.32 Å². The summed E-state index contributed by atoms with van der Waals surface area (Å²) < 4.78 is 6.18. The summed E-state index contributed by atoms with van der Waals surface area (Å²) in [5, 5.41) is 3.99. The maximum Gasteiger partial charge on any atom is 0.0729 e. The first-order chi connectivity index (χ1) is 8.31. The molecule has 0 aromatic rings. The first kappa shape index (κ1) is 12.0. The van der Waals surface area contributed by atoms with Crippen molar-refractivity contribution in [3.8, 4) is 0 Å². The van der Waals surface area contributed by atoms with Crippen LogP contribution in [0.5, 0.6) is 0 Å². The largest absolute Gasteiger partial charge is 0.375 e. The molecule has 3 aliphatic rings. The van der Waals surface area contributed by atoms with Crippen LogP contribution in [0.1, 0.15) is 64.7 Å². The van der Waals surface area contributed by atoms with Crippen LogP contribution >= 0.6 is 0 Å². The topological polar surface area (TPSA) is 21.3 Å². The lowest BCUT2D eigenvalue weighted by molar-refractivity contribution is -0.0844. The number of ether oxygens (including phenoxy) is 1. The Bertz CT molecular complexity index is 260. The SMILES string of the molecule is CCCC1CCC2OCC3(CCCC3)NC2C1. The predicted molar refractivity (Wildman–Crippen MR) is 70.1 cm³/mol. The number of morpholine rings is 1. The summed E-state index contributed by atoms with van der Waals surface area (Å²) in [6, 6.07) is 0.659. The third-order valence-corrected chi connectivity index (χ3v) is 5.22. The van der Waals surface area contributed by atoms with Gasteiger partial charge in [0.25, 0.3) is 0 Å². The van der Waals surface area contributed by atoms with Gasteiger partial charge in [0.2, 0.25) is 0 Å². The number of hydrogen-bond acceptors (Lipinski definition) is 2. The average molecular weight is 237 g/mol. The monoisotopic (exact) mass is 237 g/mol. The maximum absolute atomic E-state index is 6.18. The van der Waals surface area contributed by atoms with Gasteiger partial charge in [-0.25, -0.2) is 0 Å². The van der Waals surface area contributed by atoms with E-state index in [1.807, 2.05) is 0 Å². The molecular formula is C15H27NO. The quantitative estimate of drug-likeness (QED) is 0.796. The highest BCUT2D eigenvalue weighted by molar-refractivity contribution is 5.01. The highest BCUT2D eigenvalue weighted by atomic mass is 16.5. The molecule has 1 heterocycles. The van der Waals surface area contributed by atoms with Gasteiger partial charge < -0.3 is 10.1 Å². The molecule has 1 N–H and O–H groups in total. The molecule has 17 heavy (non-hydrogen) atoms. The van der Waals surface area contributed by atoms with Gasteiger partial charge in [0, 0.05) is 11.6 Å². The third-order valence-electron chi connectivity index (χ3n) is 5.22. The molecule has 0 amide bonds. The molecule has 2 aliphatic carbocycles. The van der Waals surface area contributed by atoms with Gasteiger partial charge in [-0.3, -0.25) is 0 Å². The van der Waals surface area contributed by atoms with Crippen LogP contribution in [0.25, 0.3) is 0 Å². The fraction of sp³-hybridized carbons (Fsp3) is 1.00. The van der Waals surface area contributed by atoms with Gasteiger partial charge in [0.1, 0.15) is 0 Å². The second kappa shape index (κ2) is 4.89. The van der Waals surface area contributed by atoms with E-state index < -0.39 is 0 Å². The molecule has 0 aromatic carbocycles. The standard InChI is InChI=1S/C15H27NO/c1-2-5-12-6-7-14-13(10-12)16-15(11-17-14)8-3-4-9-15/h12-14,16H,2-11H2,1H3. The Morgan fingerprint density at radius 3 is 2.82 bits per heavy atom. The lowest BCUT2D eigenvalue weighted by Crippen LogP contribution is -2.62. The lowest BCUT2D eigenvalue weighted by atomic mass is 9.79. The minimum atomic E-state index is 0.370. The van der Waals surface area contributed by atoms with E-state index in [-0.39, 0.29) is 0 Å². The molecule has 2 saturated carbocycles. The van der Waals surface area contributed by atoms with Gasteiger partial charge >= 0.3 is 0 Å². The summed E-state index contributed by atoms with van der Waals surface area (Å²) in [6.07, 6.45) is 12.8. The predicted octanol–water partition coefficient (Wildman–Crippen LogP) is 3.26. The normalized spacial score (nSPS) is 40.4. The average Bonchev–Trinajstić information content (AvgIpc) is 2.77. The van der Waals surface area contributed by atoms with Crippen LogP contribution in [0.2, 0.25) is 0 Å². The molecule has 0 radical (unpaired) electrons. The zero-order chi connectivity index (χ0) is 11.7. The molecule has 3 atom stereocenters. The fourth-order valence-electron chi connectivity index (χ4n) is 4.29. The summed E-state index contributed by atoms with van der Waals surface area (Å²) in [5.41, 5.74) is 0.370. The van der Waals surface area contributed by atoms with Crippen molar-refractivity contribution in [3.05, 3.63) is 0 Å². The van der Waals surface area contributed by atoms with E-state index in [4.69, 9.17) is 4.74 Å². The van der Waals surface area contributed by atoms with E-state index in [2.05, 4.69) is 12.2 Å². The van der Waals surface area contributed by atoms with Crippen LogP contribution in [-0.4, -0.2) is 24.3 Å². The molecule has 3 fully saturated rings. The Labute approximate surface area is 105 Å². The van der Waals surface area contributed by atoms with Crippen LogP contribution in [0.4, 0.5) is 0 Å². The van der Waals surface area contributed by atoms with E-state index in [0.29, 0.717) is 17.7 Å². The van der Waals surface area contributed by atoms with Gasteiger partial charge in [0.05, 0.1) is 12.7 Å². The molecule has 3 rings (SSSR count). The Kier molecular flexibility index (Phi) is 3.45. The van der Waals surface area contributed by atoms with Crippen molar-refractivity contribution in [1.82, 2.24) is 5.32 Å². The number of hydrogen-bond donors (Lipinski definition) is 1. The Morgan fingerprint density at radius 1 is 1.24 bits per heavy atom. The molecule has 1 aliphatic heterocycles. The molecule has 98 valence electrons. The number of nitrogens with one attached hydrogen (secondary N) is 1. The molecule has 0 aromatic heterocycles. The highest BCUT2D eigenvalue weighted by Crippen LogP contribution is 2.39. The van der Waals surface area contributed by atoms with Crippen LogP contribution in [0.15, 0.2) is 0 Å². The van der Waals surface area contributed by atoms with Gasteiger partial charge in [-0.15, -0.1) is 0 Å². The number of rotatable bonds is 2. The van der Waals surface area contributed by atoms with Gasteiger partial charge in [-0.1, -0.05) is 32.6 Å². The smallest absolute Gasteiger partial charge is 0.0729 e. The summed E-state index contributed by atoms with van der Waals surface area (Å²) in [4.78, 5) is 0. The van der Waals surface area contributed by atoms with Gasteiger partial charge in [-0.2, -0.15) is 0 Å². The van der Waals surface area contributed by atoms with Crippen molar-refractivity contribution >= 4 is 0 Å². The summed E-state index contributed by atoms with van der Waals surface area (Å²) in [7, 11) is 0. The zero-order valence-electron chi connectivity index (χ0n) is 11.2. The molecule has 0 bridgehead atoms. The van der Waals surface area contributed by atoms with E-state index in [0.717, 1.165) is 12.5 Å². The maximum atomic E-state index is 6.18. The van der Waals surface area contributed by atoms with Crippen molar-refractivity contribution in [2.24, 2.45) is 5.92 Å². The van der Waals surface area contributed by atoms with Crippen molar-refractivity contribution in [1.29, 1.82) is 0 Å². The Balaban J connectivity index is 1.62. The van der Waals surface area contributed by atoms with E-state index in [1.165, 1.54) is 57.8 Å². The fourth-order valence-corrected chi connectivity index (χ4v) is 4.29. The third kappa shape index (κ3) is 2.39. The van der Waals surface area contributed by atoms with Crippen molar-refractivity contribution in [3.63, 3.8) is 0 Å². The first-order valence-electron chi connectivity index (χ1n) is 7.71. The first-order valence-corrected chi connectivity index (χ1v) is 7.71. The van der Waals surface area contributed by atoms with E-state index in [9.17, 15) is 0 Å². The molecule has 1 spiro atoms. The molecule has 3 unspecified atom stereocenters. The van der Waals surface area contributed by atoms with Crippen LogP contribution in [-0.2, 0) is 4.74 Å². The molecular weight excluding hydrogens is 210 g/mol. The van der Waals surface area contributed by atoms with Gasteiger partial charge in [-0.05, 0) is 38.0 Å². The highest BCUT2D eigenvalue weighted by Gasteiger charge is 2.44. The van der Waals surface area contributed by atoms with E-state index in [1.54, 1.807) is 0 Å². The zero-order valence-corrected chi connectivity index (χ0v) is 11.2. The summed E-state index contributed by atoms with van der Waals surface area (Å²) in [6.45, 7) is 3.29. The minimum Gasteiger partial charge on any atom is -0.375 e. The molecule has 1 saturated heterocycles. The van der Waals surface area contributed by atoms with Crippen LogP contribution in [0.3, 0.4) is 0 Å². The molecule has 2 nitrogen and oxygen atoms in total. The van der Waals surface area contributed by atoms with Gasteiger partial charge in [0.15, 0.2) is 0 Å². The second-order valence-electron chi connectivity index (χ2n) is 6.56. The lowest BCUT2D eigenvalue weighted by Gasteiger charge is -2.48. The summed E-state index contributed by atoms with van der Waals surface area (Å²) in [5.74, 6) is 0.953. The number of fused-ring (bicyclic) bond motifs is 1. The Hall–Kier alpha value is -0.0800. The Morgan fingerprint density at radius 2 is 2.06 bits per heavy atom. The minimum absolute atomic E-state index is 0.370. The van der Waals surface area contributed by atoms with Crippen molar-refractivity contribution in [2.75, 3.05) is 6.61 Å². The molecule has 2 heteroatoms. The van der Waals surface area contributed by atoms with Crippen LogP contribution in [0, 0.1) is 5.92 Å². The second-order valence-corrected chi connectivity index (χ2v) is 6.56. The van der Waals surface area contributed by atoms with Crippen molar-refractivity contribution in [2.45, 2.75) is 82.4 Å². The van der Waals surface area contributed by atoms with Crippen molar-refractivity contribution < 1.29 is 4.74 Å². The summed E-state index contributed by atoms with van der Waals surface area (Å²) >= 11 is 0. The van der Waals surface area contributed by atoms with E-state index >= 15 is 0 Å².